The van der Waals surface area contributed by atoms with Gasteiger partial charge in [0.15, 0.2) is 0 Å². The van der Waals surface area contributed by atoms with Crippen LogP contribution in [0.15, 0.2) is 71.6 Å². The summed E-state index contributed by atoms with van der Waals surface area (Å²) in [7, 11) is -2.13. The van der Waals surface area contributed by atoms with Gasteiger partial charge in [0.2, 0.25) is 10.0 Å². The van der Waals surface area contributed by atoms with E-state index in [0.717, 1.165) is 27.8 Å². The van der Waals surface area contributed by atoms with Crippen LogP contribution >= 0.6 is 11.8 Å². The number of thioether (sulfide) groups is 1. The van der Waals surface area contributed by atoms with Gasteiger partial charge in [-0.2, -0.15) is 16.1 Å². The van der Waals surface area contributed by atoms with Crippen molar-refractivity contribution in [2.45, 2.75) is 35.3 Å². The van der Waals surface area contributed by atoms with Crippen LogP contribution in [0.4, 0.5) is 0 Å². The first-order chi connectivity index (χ1) is 14.9. The van der Waals surface area contributed by atoms with Crippen molar-refractivity contribution < 1.29 is 17.9 Å². The number of sulfonamides is 1. The molecule has 0 amide bonds. The van der Waals surface area contributed by atoms with E-state index in [-0.39, 0.29) is 15.9 Å². The van der Waals surface area contributed by atoms with Crippen LogP contribution in [0.2, 0.25) is 0 Å². The number of benzene rings is 3. The standard InChI is InChI=1S/C24H25NO4S2/c1-17(26)24-14-22(30-16-18-7-10-21(29-2)11-8-18)15-25(24)31(27,28)23-12-9-19-5-3-4-6-20(19)13-23/h3-13,22,24H,14-16H2,1-2H3. The van der Waals surface area contributed by atoms with E-state index in [9.17, 15) is 13.2 Å². The lowest BCUT2D eigenvalue weighted by molar-refractivity contribution is -0.119. The molecular weight excluding hydrogens is 430 g/mol. The molecule has 3 aromatic rings. The monoisotopic (exact) mass is 455 g/mol. The molecule has 1 fully saturated rings. The van der Waals surface area contributed by atoms with Gasteiger partial charge in [-0.05, 0) is 53.9 Å². The van der Waals surface area contributed by atoms with Crippen LogP contribution in [0.5, 0.6) is 5.75 Å². The number of methoxy groups -OCH3 is 1. The maximum absolute atomic E-state index is 13.4. The van der Waals surface area contributed by atoms with Gasteiger partial charge in [-0.1, -0.05) is 42.5 Å². The first-order valence-corrected chi connectivity index (χ1v) is 12.6. The Morgan fingerprint density at radius 3 is 2.45 bits per heavy atom. The van der Waals surface area contributed by atoms with Crippen molar-refractivity contribution in [3.63, 3.8) is 0 Å². The highest BCUT2D eigenvalue weighted by Gasteiger charge is 2.42. The summed E-state index contributed by atoms with van der Waals surface area (Å²) in [5, 5.41) is 1.91. The Bertz CT molecular complexity index is 1190. The molecule has 1 saturated heterocycles. The van der Waals surface area contributed by atoms with Crippen molar-refractivity contribution in [3.8, 4) is 5.75 Å². The zero-order valence-electron chi connectivity index (χ0n) is 17.5. The topological polar surface area (TPSA) is 63.7 Å². The molecule has 1 heterocycles. The number of hydrogen-bond donors (Lipinski definition) is 0. The minimum atomic E-state index is -3.77. The Morgan fingerprint density at radius 2 is 1.77 bits per heavy atom. The Labute approximate surface area is 187 Å². The molecule has 0 N–H and O–H groups in total. The fourth-order valence-electron chi connectivity index (χ4n) is 3.92. The average molecular weight is 456 g/mol. The van der Waals surface area contributed by atoms with Gasteiger partial charge in [-0.25, -0.2) is 8.42 Å². The number of Topliss-reactive ketones (excluding diaryl/α,β-unsaturated/α-hetero) is 1. The minimum absolute atomic E-state index is 0.0613. The highest BCUT2D eigenvalue weighted by Crippen LogP contribution is 2.35. The van der Waals surface area contributed by atoms with Gasteiger partial charge < -0.3 is 4.74 Å². The zero-order valence-corrected chi connectivity index (χ0v) is 19.2. The maximum atomic E-state index is 13.4. The van der Waals surface area contributed by atoms with E-state index in [1.54, 1.807) is 31.0 Å². The molecule has 31 heavy (non-hydrogen) atoms. The Hall–Kier alpha value is -2.35. The van der Waals surface area contributed by atoms with Crippen molar-refractivity contribution in [3.05, 3.63) is 72.3 Å². The molecule has 0 aliphatic carbocycles. The highest BCUT2D eigenvalue weighted by atomic mass is 32.2. The average Bonchev–Trinajstić information content (AvgIpc) is 3.23. The third kappa shape index (κ3) is 4.63. The van der Waals surface area contributed by atoms with Crippen LogP contribution in [-0.2, 0) is 20.6 Å². The van der Waals surface area contributed by atoms with E-state index < -0.39 is 16.1 Å². The number of carbonyl (C=O) groups is 1. The van der Waals surface area contributed by atoms with Gasteiger partial charge in [-0.15, -0.1) is 0 Å². The molecular formula is C24H25NO4S2. The second-order valence-corrected chi connectivity index (χ2v) is 10.9. The molecule has 5 nitrogen and oxygen atoms in total. The lowest BCUT2D eigenvalue weighted by Crippen LogP contribution is -2.39. The second-order valence-electron chi connectivity index (χ2n) is 7.73. The van der Waals surface area contributed by atoms with Crippen LogP contribution in [0.25, 0.3) is 10.8 Å². The lowest BCUT2D eigenvalue weighted by Gasteiger charge is -2.22. The van der Waals surface area contributed by atoms with E-state index in [2.05, 4.69) is 0 Å². The van der Waals surface area contributed by atoms with Crippen molar-refractivity contribution in [1.82, 2.24) is 4.31 Å². The van der Waals surface area contributed by atoms with Crippen molar-refractivity contribution in [1.29, 1.82) is 0 Å². The molecule has 0 bridgehead atoms. The number of ether oxygens (including phenoxy) is 1. The normalized spacial score (nSPS) is 19.5. The quantitative estimate of drug-likeness (QED) is 0.525. The Balaban J connectivity index is 1.53. The molecule has 4 rings (SSSR count). The second kappa shape index (κ2) is 9.02. The van der Waals surface area contributed by atoms with Gasteiger partial charge in [0.1, 0.15) is 11.5 Å². The van der Waals surface area contributed by atoms with Gasteiger partial charge >= 0.3 is 0 Å². The number of ketones is 1. The summed E-state index contributed by atoms with van der Waals surface area (Å²) in [6.45, 7) is 1.81. The van der Waals surface area contributed by atoms with E-state index in [0.29, 0.717) is 13.0 Å². The Morgan fingerprint density at radius 1 is 1.06 bits per heavy atom. The summed E-state index contributed by atoms with van der Waals surface area (Å²) < 4.78 is 33.5. The number of hydrogen-bond acceptors (Lipinski definition) is 5. The van der Waals surface area contributed by atoms with Gasteiger partial charge in [0.25, 0.3) is 0 Å². The van der Waals surface area contributed by atoms with Crippen LogP contribution in [0.3, 0.4) is 0 Å². The van der Waals surface area contributed by atoms with Crippen molar-refractivity contribution in [2.24, 2.45) is 0 Å². The van der Waals surface area contributed by atoms with Crippen LogP contribution in [-0.4, -0.2) is 43.5 Å². The fourth-order valence-corrected chi connectivity index (χ4v) is 6.96. The summed E-state index contributed by atoms with van der Waals surface area (Å²) in [5.74, 6) is 1.44. The smallest absolute Gasteiger partial charge is 0.243 e. The van der Waals surface area contributed by atoms with Crippen LogP contribution in [0, 0.1) is 0 Å². The van der Waals surface area contributed by atoms with E-state index in [4.69, 9.17) is 4.74 Å². The molecule has 2 unspecified atom stereocenters. The number of fused-ring (bicyclic) bond motifs is 1. The van der Waals surface area contributed by atoms with Crippen molar-refractivity contribution in [2.75, 3.05) is 13.7 Å². The first kappa shape index (κ1) is 21.9. The summed E-state index contributed by atoms with van der Waals surface area (Å²) in [4.78, 5) is 12.5. The summed E-state index contributed by atoms with van der Waals surface area (Å²) in [5.41, 5.74) is 1.14. The van der Waals surface area contributed by atoms with E-state index >= 15 is 0 Å². The summed E-state index contributed by atoms with van der Waals surface area (Å²) >= 11 is 1.69. The Kier molecular flexibility index (Phi) is 6.36. The van der Waals surface area contributed by atoms with E-state index in [1.165, 1.54) is 11.2 Å². The number of nitrogens with zero attached hydrogens (tertiary/aromatic N) is 1. The van der Waals surface area contributed by atoms with Gasteiger partial charge in [-0.3, -0.25) is 4.79 Å². The molecule has 0 aromatic heterocycles. The van der Waals surface area contributed by atoms with Gasteiger partial charge in [0.05, 0.1) is 18.0 Å². The van der Waals surface area contributed by atoms with E-state index in [1.807, 2.05) is 54.6 Å². The SMILES string of the molecule is COc1ccc(CSC2CC(C(C)=O)N(S(=O)(=O)c3ccc4ccccc4c3)C2)cc1. The molecule has 0 saturated carbocycles. The number of rotatable bonds is 7. The summed E-state index contributed by atoms with van der Waals surface area (Å²) in [6, 6.07) is 20.0. The zero-order chi connectivity index (χ0) is 22.0. The molecule has 1 aliphatic rings. The molecule has 2 atom stereocenters. The number of carbonyl (C=O) groups excluding carboxylic acids is 1. The molecule has 0 spiro atoms. The lowest BCUT2D eigenvalue weighted by atomic mass is 10.1. The molecule has 7 heteroatoms. The minimum Gasteiger partial charge on any atom is -0.497 e. The largest absolute Gasteiger partial charge is 0.497 e. The molecule has 0 radical (unpaired) electrons. The first-order valence-electron chi connectivity index (χ1n) is 10.1. The maximum Gasteiger partial charge on any atom is 0.243 e. The molecule has 162 valence electrons. The third-order valence-corrected chi connectivity index (χ3v) is 8.84. The van der Waals surface area contributed by atoms with Crippen LogP contribution in [0.1, 0.15) is 18.9 Å². The summed E-state index contributed by atoms with van der Waals surface area (Å²) in [6.07, 6.45) is 0.531. The fraction of sp³-hybridized carbons (Fsp3) is 0.292. The molecule has 3 aromatic carbocycles. The molecule has 1 aliphatic heterocycles. The predicted molar refractivity (Wildman–Crippen MR) is 125 cm³/mol. The highest BCUT2D eigenvalue weighted by molar-refractivity contribution is 7.99. The third-order valence-electron chi connectivity index (χ3n) is 5.66. The van der Waals surface area contributed by atoms with Crippen molar-refractivity contribution >= 4 is 38.3 Å². The van der Waals surface area contributed by atoms with Crippen LogP contribution < -0.4 is 4.74 Å². The predicted octanol–water partition coefficient (Wildman–Crippen LogP) is 4.50. The van der Waals surface area contributed by atoms with Gasteiger partial charge in [0, 0.05) is 17.5 Å².